The van der Waals surface area contributed by atoms with E-state index in [1.807, 2.05) is 55.2 Å². The molecule has 1 fully saturated rings. The minimum Gasteiger partial charge on any atom is -0.355 e. The van der Waals surface area contributed by atoms with E-state index < -0.39 is 0 Å². The first-order valence-electron chi connectivity index (χ1n) is 12.0. The van der Waals surface area contributed by atoms with E-state index >= 15 is 0 Å². The molecule has 0 aromatic carbocycles. The van der Waals surface area contributed by atoms with Gasteiger partial charge in [-0.2, -0.15) is 0 Å². The van der Waals surface area contributed by atoms with E-state index in [0.717, 1.165) is 53.2 Å². The number of amides is 1. The third-order valence-electron chi connectivity index (χ3n) is 7.01. The van der Waals surface area contributed by atoms with Gasteiger partial charge in [-0.3, -0.25) is 9.78 Å². The molecule has 0 spiro atoms. The molecule has 4 aromatic heterocycles. The summed E-state index contributed by atoms with van der Waals surface area (Å²) in [6.07, 6.45) is 7.82. The number of carbonyl (C=O) groups is 1. The molecule has 9 nitrogen and oxygen atoms in total. The van der Waals surface area contributed by atoms with Crippen LogP contribution in [0.1, 0.15) is 28.8 Å². The van der Waals surface area contributed by atoms with Gasteiger partial charge in [0.25, 0.3) is 5.91 Å². The molecular weight excluding hydrogens is 440 g/mol. The Balaban J connectivity index is 1.35. The highest BCUT2D eigenvalue weighted by molar-refractivity contribution is 6.06. The van der Waals surface area contributed by atoms with Crippen LogP contribution in [0.4, 0.5) is 17.3 Å². The van der Waals surface area contributed by atoms with Crippen LogP contribution >= 0.6 is 0 Å². The fraction of sp³-hybridized carbons (Fsp3) is 0.308. The molecule has 6 heterocycles. The van der Waals surface area contributed by atoms with Gasteiger partial charge in [-0.05, 0) is 44.2 Å². The molecule has 35 heavy (non-hydrogen) atoms. The number of anilines is 3. The maximum atomic E-state index is 12.9. The van der Waals surface area contributed by atoms with E-state index in [-0.39, 0.29) is 5.91 Å². The van der Waals surface area contributed by atoms with Gasteiger partial charge in [-0.15, -0.1) is 0 Å². The Morgan fingerprint density at radius 3 is 2.97 bits per heavy atom. The highest BCUT2D eigenvalue weighted by atomic mass is 16.1. The lowest BCUT2D eigenvalue weighted by molar-refractivity contribution is 0.0966. The number of hydrogen-bond donors (Lipinski definition) is 3. The van der Waals surface area contributed by atoms with Gasteiger partial charge < -0.3 is 25.4 Å². The highest BCUT2D eigenvalue weighted by Gasteiger charge is 2.28. The Morgan fingerprint density at radius 1 is 1.17 bits per heavy atom. The van der Waals surface area contributed by atoms with Crippen LogP contribution in [0.15, 0.2) is 48.9 Å². The van der Waals surface area contributed by atoms with Gasteiger partial charge in [0, 0.05) is 61.6 Å². The number of pyridine rings is 3. The summed E-state index contributed by atoms with van der Waals surface area (Å²) in [4.78, 5) is 29.3. The number of carbonyl (C=O) groups excluding carboxylic acids is 1. The Kier molecular flexibility index (Phi) is 5.33. The zero-order valence-corrected chi connectivity index (χ0v) is 19.9. The molecule has 1 atom stereocenters. The molecule has 2 aliphatic heterocycles. The van der Waals surface area contributed by atoms with E-state index in [0.29, 0.717) is 29.7 Å². The smallest absolute Gasteiger partial charge is 0.254 e. The predicted octanol–water partition coefficient (Wildman–Crippen LogP) is 3.21. The summed E-state index contributed by atoms with van der Waals surface area (Å²) < 4.78 is 1.98. The van der Waals surface area contributed by atoms with Crippen LogP contribution in [0.5, 0.6) is 0 Å². The van der Waals surface area contributed by atoms with Gasteiger partial charge in [-0.25, -0.2) is 9.97 Å². The first kappa shape index (κ1) is 21.5. The van der Waals surface area contributed by atoms with Crippen molar-refractivity contribution in [3.8, 4) is 11.3 Å². The molecule has 2 aliphatic rings. The van der Waals surface area contributed by atoms with Crippen molar-refractivity contribution in [3.63, 3.8) is 0 Å². The number of nitrogens with one attached hydrogen (secondary N) is 3. The first-order valence-corrected chi connectivity index (χ1v) is 12.0. The van der Waals surface area contributed by atoms with E-state index in [4.69, 9.17) is 9.97 Å². The summed E-state index contributed by atoms with van der Waals surface area (Å²) >= 11 is 0. The number of nitrogens with zero attached hydrogens (tertiary/aromatic N) is 5. The fourth-order valence-corrected chi connectivity index (χ4v) is 5.17. The molecule has 0 bridgehead atoms. The van der Waals surface area contributed by atoms with Crippen molar-refractivity contribution >= 4 is 34.3 Å². The summed E-state index contributed by atoms with van der Waals surface area (Å²) in [5, 5.41) is 10.7. The maximum absolute atomic E-state index is 12.9. The standard InChI is InChI=1S/C26H28N8O/c1-27-16-5-4-11-34(15-16)22-7-3-6-21(32-22)31-20-14-29-24(19-13-30-26(35)23(19)20)17-8-10-28-25-18(17)9-12-33(25)2/h3,6-10,12,14,16,27H,4-5,11,13,15H2,1-2H3,(H,30,35)(H,31,32)/t16-/m1/s1. The van der Waals surface area contributed by atoms with Crippen LogP contribution in [-0.4, -0.2) is 51.6 Å². The summed E-state index contributed by atoms with van der Waals surface area (Å²) in [7, 11) is 3.98. The summed E-state index contributed by atoms with van der Waals surface area (Å²) in [5.41, 5.74) is 4.83. The monoisotopic (exact) mass is 468 g/mol. The Bertz CT molecular complexity index is 1430. The van der Waals surface area contributed by atoms with Gasteiger partial charge >= 0.3 is 0 Å². The molecule has 0 unspecified atom stereocenters. The molecule has 0 aliphatic carbocycles. The van der Waals surface area contributed by atoms with Crippen molar-refractivity contribution in [2.24, 2.45) is 7.05 Å². The van der Waals surface area contributed by atoms with Crippen LogP contribution < -0.4 is 20.9 Å². The molecule has 1 saturated heterocycles. The second-order valence-corrected chi connectivity index (χ2v) is 9.16. The molecule has 0 radical (unpaired) electrons. The lowest BCUT2D eigenvalue weighted by atomic mass is 10.0. The van der Waals surface area contributed by atoms with Crippen molar-refractivity contribution in [2.45, 2.75) is 25.4 Å². The number of fused-ring (bicyclic) bond motifs is 2. The number of aryl methyl sites for hydroxylation is 1. The lowest BCUT2D eigenvalue weighted by Crippen LogP contribution is -2.44. The summed E-state index contributed by atoms with van der Waals surface area (Å²) in [6.45, 7) is 2.36. The third-order valence-corrected chi connectivity index (χ3v) is 7.01. The Morgan fingerprint density at radius 2 is 2.09 bits per heavy atom. The van der Waals surface area contributed by atoms with Crippen LogP contribution in [-0.2, 0) is 13.6 Å². The second-order valence-electron chi connectivity index (χ2n) is 9.16. The second kappa shape index (κ2) is 8.66. The SMILES string of the molecule is CN[C@@H]1CCCN(c2cccc(Nc3cnc(-c4ccnc5c4ccn5C)c4c3C(=O)NC4)n2)C1. The van der Waals surface area contributed by atoms with Crippen LogP contribution in [0.2, 0.25) is 0 Å². The molecular formula is C26H28N8O. The number of likely N-dealkylation sites (N-methyl/N-ethyl adjacent to an activating group) is 1. The van der Waals surface area contributed by atoms with E-state index in [2.05, 4.69) is 25.8 Å². The minimum absolute atomic E-state index is 0.103. The first-order chi connectivity index (χ1) is 17.1. The van der Waals surface area contributed by atoms with Crippen LogP contribution in [0, 0.1) is 0 Å². The van der Waals surface area contributed by atoms with Crippen molar-refractivity contribution in [1.82, 2.24) is 30.2 Å². The van der Waals surface area contributed by atoms with Crippen molar-refractivity contribution in [3.05, 3.63) is 60.0 Å². The van der Waals surface area contributed by atoms with Crippen LogP contribution in [0.3, 0.4) is 0 Å². The Hall–Kier alpha value is -3.98. The predicted molar refractivity (Wildman–Crippen MR) is 137 cm³/mol. The van der Waals surface area contributed by atoms with Gasteiger partial charge in [0.15, 0.2) is 0 Å². The molecule has 4 aromatic rings. The van der Waals surface area contributed by atoms with Crippen molar-refractivity contribution < 1.29 is 4.79 Å². The van der Waals surface area contributed by atoms with Crippen molar-refractivity contribution in [1.29, 1.82) is 0 Å². The number of piperidine rings is 1. The van der Waals surface area contributed by atoms with E-state index in [1.54, 1.807) is 12.4 Å². The zero-order chi connectivity index (χ0) is 23.9. The molecule has 1 amide bonds. The molecule has 9 heteroatoms. The normalized spacial score (nSPS) is 17.5. The van der Waals surface area contributed by atoms with Gasteiger partial charge in [-0.1, -0.05) is 6.07 Å². The van der Waals surface area contributed by atoms with E-state index in [1.165, 1.54) is 6.42 Å². The van der Waals surface area contributed by atoms with Gasteiger partial charge in [0.05, 0.1) is 23.1 Å². The summed E-state index contributed by atoms with van der Waals surface area (Å²) in [6, 6.07) is 10.4. The van der Waals surface area contributed by atoms with Gasteiger partial charge in [0.2, 0.25) is 0 Å². The van der Waals surface area contributed by atoms with Crippen molar-refractivity contribution in [2.75, 3.05) is 30.4 Å². The fourth-order valence-electron chi connectivity index (χ4n) is 5.17. The topological polar surface area (TPSA) is 100 Å². The quantitative estimate of drug-likeness (QED) is 0.414. The molecule has 3 N–H and O–H groups in total. The Labute approximate surface area is 203 Å². The maximum Gasteiger partial charge on any atom is 0.254 e. The number of hydrogen-bond acceptors (Lipinski definition) is 7. The molecule has 0 saturated carbocycles. The third kappa shape index (κ3) is 3.77. The zero-order valence-electron chi connectivity index (χ0n) is 19.9. The van der Waals surface area contributed by atoms with Gasteiger partial charge in [0.1, 0.15) is 17.3 Å². The van der Waals surface area contributed by atoms with E-state index in [9.17, 15) is 4.79 Å². The number of rotatable bonds is 5. The number of aromatic nitrogens is 4. The molecule has 178 valence electrons. The molecule has 6 rings (SSSR count). The minimum atomic E-state index is -0.103. The largest absolute Gasteiger partial charge is 0.355 e. The average molecular weight is 469 g/mol. The highest BCUT2D eigenvalue weighted by Crippen LogP contribution is 2.36. The lowest BCUT2D eigenvalue weighted by Gasteiger charge is -2.33. The average Bonchev–Trinajstić information content (AvgIpc) is 3.48. The van der Waals surface area contributed by atoms with Crippen LogP contribution in [0.25, 0.3) is 22.3 Å². The summed E-state index contributed by atoms with van der Waals surface area (Å²) in [5.74, 6) is 1.53.